The molecule has 6 nitrogen and oxygen atoms in total. The van der Waals surface area contributed by atoms with Gasteiger partial charge in [-0.25, -0.2) is 9.59 Å². The van der Waals surface area contributed by atoms with E-state index in [0.717, 1.165) is 11.0 Å². The summed E-state index contributed by atoms with van der Waals surface area (Å²) in [7, 11) is 0. The van der Waals surface area contributed by atoms with Gasteiger partial charge in [-0.2, -0.15) is 13.2 Å². The van der Waals surface area contributed by atoms with E-state index in [2.05, 4.69) is 5.32 Å². The highest BCUT2D eigenvalue weighted by atomic mass is 19.4. The number of hydrogen-bond acceptors (Lipinski definition) is 3. The molecule has 0 aromatic carbocycles. The van der Waals surface area contributed by atoms with Gasteiger partial charge in [0.1, 0.15) is 0 Å². The zero-order chi connectivity index (χ0) is 15.5. The lowest BCUT2D eigenvalue weighted by molar-refractivity contribution is -0.141. The Balaban J connectivity index is 2.63. The average Bonchev–Trinajstić information content (AvgIpc) is 2.34. The predicted octanol–water partition coefficient (Wildman–Crippen LogP) is 0.724. The Morgan fingerprint density at radius 1 is 1.45 bits per heavy atom. The van der Waals surface area contributed by atoms with Crippen LogP contribution in [0.2, 0.25) is 0 Å². The number of amides is 2. The molecular weight excluding hydrogens is 281 g/mol. The lowest BCUT2D eigenvalue weighted by Gasteiger charge is -2.29. The summed E-state index contributed by atoms with van der Waals surface area (Å²) in [5, 5.41) is 20.1. The second-order valence-corrected chi connectivity index (χ2v) is 4.43. The maximum atomic E-state index is 12.4. The first-order valence-corrected chi connectivity index (χ1v) is 5.85. The summed E-state index contributed by atoms with van der Waals surface area (Å²) in [5.74, 6) is -1.42. The number of rotatable bonds is 3. The molecule has 3 N–H and O–H groups in total. The van der Waals surface area contributed by atoms with Crippen LogP contribution in [0.15, 0.2) is 11.6 Å². The van der Waals surface area contributed by atoms with Crippen LogP contribution in [0.1, 0.15) is 13.3 Å². The van der Waals surface area contributed by atoms with Crippen LogP contribution in [-0.4, -0.2) is 58.5 Å². The molecule has 0 saturated heterocycles. The summed E-state index contributed by atoms with van der Waals surface area (Å²) >= 11 is 0. The van der Waals surface area contributed by atoms with Crippen molar-refractivity contribution in [2.75, 3.05) is 13.1 Å². The zero-order valence-corrected chi connectivity index (χ0v) is 10.6. The van der Waals surface area contributed by atoms with Gasteiger partial charge in [0.05, 0.1) is 6.10 Å². The van der Waals surface area contributed by atoms with Gasteiger partial charge in [-0.3, -0.25) is 0 Å². The third-order valence-corrected chi connectivity index (χ3v) is 2.89. The molecule has 0 fully saturated rings. The zero-order valence-electron chi connectivity index (χ0n) is 10.6. The lowest BCUT2D eigenvalue weighted by atomic mass is 10.1. The third kappa shape index (κ3) is 4.12. The van der Waals surface area contributed by atoms with E-state index in [1.807, 2.05) is 0 Å². The predicted molar refractivity (Wildman–Crippen MR) is 62.0 cm³/mol. The molecule has 0 bridgehead atoms. The Kier molecular flexibility index (Phi) is 4.98. The van der Waals surface area contributed by atoms with Crippen molar-refractivity contribution in [1.29, 1.82) is 0 Å². The van der Waals surface area contributed by atoms with Crippen molar-refractivity contribution in [2.45, 2.75) is 31.7 Å². The largest absolute Gasteiger partial charge is 0.480 e. The number of urea groups is 1. The first-order chi connectivity index (χ1) is 9.12. The summed E-state index contributed by atoms with van der Waals surface area (Å²) in [5.41, 5.74) is -0.702. The number of carbonyl (C=O) groups excluding carboxylic acids is 1. The van der Waals surface area contributed by atoms with Gasteiger partial charge in [-0.05, 0) is 13.3 Å². The Morgan fingerprint density at radius 3 is 2.40 bits per heavy atom. The highest BCUT2D eigenvalue weighted by molar-refractivity contribution is 5.83. The van der Waals surface area contributed by atoms with Crippen molar-refractivity contribution in [3.63, 3.8) is 0 Å². The maximum Gasteiger partial charge on any atom is 0.412 e. The number of aliphatic hydroxyl groups excluding tert-OH is 1. The molecule has 1 aliphatic rings. The fourth-order valence-electron chi connectivity index (χ4n) is 1.72. The van der Waals surface area contributed by atoms with Gasteiger partial charge in [0.15, 0.2) is 6.04 Å². The number of halogens is 3. The van der Waals surface area contributed by atoms with Gasteiger partial charge in [-0.1, -0.05) is 6.08 Å². The second kappa shape index (κ2) is 6.12. The van der Waals surface area contributed by atoms with Crippen molar-refractivity contribution in [3.05, 3.63) is 11.6 Å². The molecule has 0 aliphatic carbocycles. The standard InChI is InChI=1S/C11H15F3N2O4/c1-6(17)8(9(18)19)15-10(20)16-4-2-7(3-5-16)11(12,13)14/h2,6,8,17H,3-5H2,1H3,(H,15,20)(H,18,19)/t6-,8+/m1/s1. The minimum absolute atomic E-state index is 0.163. The van der Waals surface area contributed by atoms with E-state index in [9.17, 15) is 27.9 Å². The van der Waals surface area contributed by atoms with Crippen LogP contribution < -0.4 is 5.32 Å². The molecule has 114 valence electrons. The summed E-state index contributed by atoms with van der Waals surface area (Å²) in [6, 6.07) is -2.33. The Labute approximate surface area is 112 Å². The van der Waals surface area contributed by atoms with Crippen molar-refractivity contribution in [1.82, 2.24) is 10.2 Å². The van der Waals surface area contributed by atoms with E-state index >= 15 is 0 Å². The highest BCUT2D eigenvalue weighted by Gasteiger charge is 2.36. The van der Waals surface area contributed by atoms with E-state index in [-0.39, 0.29) is 19.5 Å². The van der Waals surface area contributed by atoms with Gasteiger partial charge >= 0.3 is 18.2 Å². The first kappa shape index (κ1) is 16.3. The van der Waals surface area contributed by atoms with E-state index in [0.29, 0.717) is 0 Å². The minimum atomic E-state index is -4.41. The van der Waals surface area contributed by atoms with E-state index in [1.54, 1.807) is 0 Å². The molecule has 2 amide bonds. The normalized spacial score (nSPS) is 19.1. The van der Waals surface area contributed by atoms with Crippen LogP contribution in [0.3, 0.4) is 0 Å². The van der Waals surface area contributed by atoms with Gasteiger partial charge in [-0.15, -0.1) is 0 Å². The fourth-order valence-corrected chi connectivity index (χ4v) is 1.72. The molecule has 2 atom stereocenters. The molecule has 0 unspecified atom stereocenters. The molecule has 20 heavy (non-hydrogen) atoms. The smallest absolute Gasteiger partial charge is 0.412 e. The third-order valence-electron chi connectivity index (χ3n) is 2.89. The van der Waals surface area contributed by atoms with E-state index in [1.165, 1.54) is 6.92 Å². The summed E-state index contributed by atoms with van der Waals surface area (Å²) in [4.78, 5) is 23.5. The number of nitrogens with zero attached hydrogens (tertiary/aromatic N) is 1. The van der Waals surface area contributed by atoms with Crippen molar-refractivity contribution < 1.29 is 33.0 Å². The molecule has 0 aromatic heterocycles. The fraction of sp³-hybridized carbons (Fsp3) is 0.636. The number of alkyl halides is 3. The number of aliphatic carboxylic acids is 1. The second-order valence-electron chi connectivity index (χ2n) is 4.43. The topological polar surface area (TPSA) is 89.9 Å². The molecule has 1 heterocycles. The molecule has 0 spiro atoms. The van der Waals surface area contributed by atoms with Crippen LogP contribution in [-0.2, 0) is 4.79 Å². The molecule has 0 radical (unpaired) electrons. The van der Waals surface area contributed by atoms with Crippen LogP contribution in [0, 0.1) is 0 Å². The monoisotopic (exact) mass is 296 g/mol. The van der Waals surface area contributed by atoms with Crippen LogP contribution in [0.25, 0.3) is 0 Å². The van der Waals surface area contributed by atoms with Crippen molar-refractivity contribution in [3.8, 4) is 0 Å². The summed E-state index contributed by atoms with van der Waals surface area (Å²) < 4.78 is 37.2. The molecule has 1 aliphatic heterocycles. The summed E-state index contributed by atoms with van der Waals surface area (Å²) in [6.07, 6.45) is -5.18. The minimum Gasteiger partial charge on any atom is -0.480 e. The van der Waals surface area contributed by atoms with Gasteiger partial charge in [0.25, 0.3) is 0 Å². The van der Waals surface area contributed by atoms with E-state index in [4.69, 9.17) is 5.11 Å². The van der Waals surface area contributed by atoms with Crippen LogP contribution in [0.4, 0.5) is 18.0 Å². The average molecular weight is 296 g/mol. The van der Waals surface area contributed by atoms with Gasteiger partial charge < -0.3 is 20.4 Å². The first-order valence-electron chi connectivity index (χ1n) is 5.85. The maximum absolute atomic E-state index is 12.4. The quantitative estimate of drug-likeness (QED) is 0.670. The number of aliphatic hydroxyl groups is 1. The van der Waals surface area contributed by atoms with Crippen LogP contribution in [0.5, 0.6) is 0 Å². The van der Waals surface area contributed by atoms with E-state index < -0.39 is 35.9 Å². The summed E-state index contributed by atoms with van der Waals surface area (Å²) in [6.45, 7) is 0.771. The van der Waals surface area contributed by atoms with Crippen LogP contribution >= 0.6 is 0 Å². The highest BCUT2D eigenvalue weighted by Crippen LogP contribution is 2.30. The Bertz CT molecular complexity index is 420. The number of carboxylic acids is 1. The van der Waals surface area contributed by atoms with Gasteiger partial charge in [0.2, 0.25) is 0 Å². The number of carbonyl (C=O) groups is 2. The Hall–Kier alpha value is -1.77. The molecule has 9 heteroatoms. The number of nitrogens with one attached hydrogen (secondary N) is 1. The molecule has 0 aromatic rings. The lowest BCUT2D eigenvalue weighted by Crippen LogP contribution is -2.53. The number of carboxylic acid groups (broad SMARTS) is 1. The number of hydrogen-bond donors (Lipinski definition) is 3. The molecule has 1 rings (SSSR count). The SMILES string of the molecule is C[C@@H](O)[C@H](NC(=O)N1CC=C(C(F)(F)F)CC1)C(=O)O. The van der Waals surface area contributed by atoms with Crippen molar-refractivity contribution >= 4 is 12.0 Å². The van der Waals surface area contributed by atoms with Crippen molar-refractivity contribution in [2.24, 2.45) is 0 Å². The Morgan fingerprint density at radius 2 is 2.05 bits per heavy atom. The molecule has 0 saturated carbocycles. The van der Waals surface area contributed by atoms with Gasteiger partial charge in [0, 0.05) is 18.7 Å². The molecular formula is C11H15F3N2O4.